The van der Waals surface area contributed by atoms with Crippen LogP contribution >= 0.6 is 15.9 Å². The molecule has 0 saturated heterocycles. The Hall–Kier alpha value is -1.36. The fraction of sp³-hybridized carbons (Fsp3) is 0.429. The van der Waals surface area contributed by atoms with E-state index in [-0.39, 0.29) is 5.91 Å². The number of benzene rings is 1. The molecule has 0 saturated carbocycles. The van der Waals surface area contributed by atoms with E-state index >= 15 is 0 Å². The summed E-state index contributed by atoms with van der Waals surface area (Å²) in [5.41, 5.74) is 3.31. The molecule has 0 radical (unpaired) electrons. The minimum atomic E-state index is -0.519. The van der Waals surface area contributed by atoms with Gasteiger partial charge in [-0.25, -0.2) is 5.43 Å². The molecule has 5 heteroatoms. The monoisotopic (exact) mass is 326 g/mol. The summed E-state index contributed by atoms with van der Waals surface area (Å²) >= 11 is 3.36. The second-order valence-electron chi connectivity index (χ2n) is 4.38. The van der Waals surface area contributed by atoms with Crippen LogP contribution in [0, 0.1) is 0 Å². The maximum absolute atomic E-state index is 12.0. The second kappa shape index (κ2) is 7.94. The molecule has 0 fully saturated rings. The van der Waals surface area contributed by atoms with E-state index in [0.717, 1.165) is 16.6 Å². The normalized spacial score (nSPS) is 11.6. The molecule has 1 amide bonds. The Morgan fingerprint density at radius 1 is 1.37 bits per heavy atom. The molecular weight excluding hydrogens is 308 g/mol. The van der Waals surface area contributed by atoms with E-state index in [1.54, 1.807) is 0 Å². The minimum absolute atomic E-state index is 0.217. The van der Waals surface area contributed by atoms with E-state index in [9.17, 15) is 4.79 Å². The van der Waals surface area contributed by atoms with Crippen LogP contribution in [0.25, 0.3) is 0 Å². The van der Waals surface area contributed by atoms with Gasteiger partial charge in [0.25, 0.3) is 5.91 Å². The molecule has 19 heavy (non-hydrogen) atoms. The van der Waals surface area contributed by atoms with Gasteiger partial charge in [-0.3, -0.25) is 4.79 Å². The predicted octanol–water partition coefficient (Wildman–Crippen LogP) is 3.51. The van der Waals surface area contributed by atoms with Gasteiger partial charge in [0, 0.05) is 10.2 Å². The molecule has 1 N–H and O–H groups in total. The highest BCUT2D eigenvalue weighted by atomic mass is 79.9. The maximum atomic E-state index is 12.0. The van der Waals surface area contributed by atoms with Gasteiger partial charge in [-0.15, -0.1) is 0 Å². The number of nitrogens with one attached hydrogen (secondary N) is 1. The molecule has 0 bridgehead atoms. The predicted molar refractivity (Wildman–Crippen MR) is 80.4 cm³/mol. The zero-order valence-corrected chi connectivity index (χ0v) is 13.0. The van der Waals surface area contributed by atoms with Crippen LogP contribution < -0.4 is 10.2 Å². The number of carbonyl (C=O) groups excluding carboxylic acids is 1. The molecule has 0 aliphatic heterocycles. The van der Waals surface area contributed by atoms with Crippen molar-refractivity contribution in [3.05, 3.63) is 28.7 Å². The molecule has 0 spiro atoms. The molecule has 1 rings (SSSR count). The first-order valence-electron chi connectivity index (χ1n) is 6.26. The molecule has 0 heterocycles. The second-order valence-corrected chi connectivity index (χ2v) is 5.30. The van der Waals surface area contributed by atoms with Gasteiger partial charge in [0.1, 0.15) is 5.75 Å². The van der Waals surface area contributed by atoms with Gasteiger partial charge in [0.2, 0.25) is 0 Å². The fourth-order valence-electron chi connectivity index (χ4n) is 1.42. The van der Waals surface area contributed by atoms with E-state index in [4.69, 9.17) is 4.74 Å². The summed E-state index contributed by atoms with van der Waals surface area (Å²) in [5.74, 6) is 0.458. The van der Waals surface area contributed by atoms with Crippen molar-refractivity contribution in [3.8, 4) is 5.75 Å². The molecule has 1 atom stereocenters. The Kier molecular flexibility index (Phi) is 6.56. The average molecular weight is 327 g/mol. The lowest BCUT2D eigenvalue weighted by Crippen LogP contribution is -2.36. The third kappa shape index (κ3) is 5.87. The van der Waals surface area contributed by atoms with Crippen LogP contribution in [0.2, 0.25) is 0 Å². The lowest BCUT2D eigenvalue weighted by Gasteiger charge is -2.17. The number of hydrogen-bond donors (Lipinski definition) is 1. The summed E-state index contributed by atoms with van der Waals surface area (Å²) in [6.07, 6.45) is 0.998. The van der Waals surface area contributed by atoms with Crippen molar-refractivity contribution in [2.45, 2.75) is 39.7 Å². The SMILES string of the molecule is CCCC(Oc1ccc(Br)cc1)C(=O)NN=C(C)C. The molecule has 1 aromatic carbocycles. The Balaban J connectivity index is 2.69. The highest BCUT2D eigenvalue weighted by Crippen LogP contribution is 2.18. The molecule has 104 valence electrons. The Bertz CT molecular complexity index is 439. The van der Waals surface area contributed by atoms with Crippen molar-refractivity contribution in [2.24, 2.45) is 5.10 Å². The van der Waals surface area contributed by atoms with Gasteiger partial charge in [0.05, 0.1) is 0 Å². The summed E-state index contributed by atoms with van der Waals surface area (Å²) in [7, 11) is 0. The first kappa shape index (κ1) is 15.7. The summed E-state index contributed by atoms with van der Waals surface area (Å²) in [5, 5.41) is 3.91. The van der Waals surface area contributed by atoms with E-state index in [0.29, 0.717) is 12.2 Å². The van der Waals surface area contributed by atoms with Crippen LogP contribution in [-0.4, -0.2) is 17.7 Å². The fourth-order valence-corrected chi connectivity index (χ4v) is 1.69. The summed E-state index contributed by atoms with van der Waals surface area (Å²) in [4.78, 5) is 12.0. The van der Waals surface area contributed by atoms with Crippen LogP contribution in [0.3, 0.4) is 0 Å². The average Bonchev–Trinajstić information content (AvgIpc) is 2.38. The third-order valence-electron chi connectivity index (χ3n) is 2.32. The number of ether oxygens (including phenoxy) is 1. The Morgan fingerprint density at radius 3 is 2.53 bits per heavy atom. The van der Waals surface area contributed by atoms with Crippen molar-refractivity contribution in [2.75, 3.05) is 0 Å². The topological polar surface area (TPSA) is 50.7 Å². The van der Waals surface area contributed by atoms with Crippen molar-refractivity contribution >= 4 is 27.5 Å². The van der Waals surface area contributed by atoms with Gasteiger partial charge < -0.3 is 4.74 Å². The number of hydrogen-bond acceptors (Lipinski definition) is 3. The van der Waals surface area contributed by atoms with Crippen LogP contribution in [0.4, 0.5) is 0 Å². The molecular formula is C14H19BrN2O2. The van der Waals surface area contributed by atoms with E-state index in [1.165, 1.54) is 0 Å². The molecule has 4 nitrogen and oxygen atoms in total. The van der Waals surface area contributed by atoms with Gasteiger partial charge in [-0.2, -0.15) is 5.10 Å². The Labute approximate surface area is 122 Å². The summed E-state index contributed by atoms with van der Waals surface area (Å²) in [6.45, 7) is 5.66. The highest BCUT2D eigenvalue weighted by Gasteiger charge is 2.19. The van der Waals surface area contributed by atoms with Gasteiger partial charge in [0.15, 0.2) is 6.10 Å². The zero-order valence-electron chi connectivity index (χ0n) is 11.4. The van der Waals surface area contributed by atoms with E-state index in [2.05, 4.69) is 26.5 Å². The molecule has 0 aromatic heterocycles. The number of nitrogens with zero attached hydrogens (tertiary/aromatic N) is 1. The molecule has 1 aromatic rings. The lowest BCUT2D eigenvalue weighted by molar-refractivity contribution is -0.128. The first-order chi connectivity index (χ1) is 9.02. The van der Waals surface area contributed by atoms with E-state index in [1.807, 2.05) is 45.0 Å². The number of rotatable bonds is 6. The smallest absolute Gasteiger partial charge is 0.281 e. The lowest BCUT2D eigenvalue weighted by atomic mass is 10.2. The summed E-state index contributed by atoms with van der Waals surface area (Å²) < 4.78 is 6.68. The number of carbonyl (C=O) groups is 1. The van der Waals surface area contributed by atoms with Crippen LogP contribution in [-0.2, 0) is 4.79 Å². The standard InChI is InChI=1S/C14H19BrN2O2/c1-4-5-13(14(18)17-16-10(2)3)19-12-8-6-11(15)7-9-12/h6-9,13H,4-5H2,1-3H3,(H,17,18). The van der Waals surface area contributed by atoms with Crippen molar-refractivity contribution < 1.29 is 9.53 Å². The first-order valence-corrected chi connectivity index (χ1v) is 7.05. The van der Waals surface area contributed by atoms with E-state index < -0.39 is 6.10 Å². The molecule has 0 aliphatic carbocycles. The number of halogens is 1. The summed E-state index contributed by atoms with van der Waals surface area (Å²) in [6, 6.07) is 7.41. The van der Waals surface area contributed by atoms with Gasteiger partial charge in [-0.05, 0) is 44.5 Å². The highest BCUT2D eigenvalue weighted by molar-refractivity contribution is 9.10. The van der Waals surface area contributed by atoms with Crippen LogP contribution in [0.15, 0.2) is 33.8 Å². The third-order valence-corrected chi connectivity index (χ3v) is 2.85. The number of amides is 1. The molecule has 1 unspecified atom stereocenters. The van der Waals surface area contributed by atoms with Crippen LogP contribution in [0.1, 0.15) is 33.6 Å². The van der Waals surface area contributed by atoms with Crippen molar-refractivity contribution in [1.29, 1.82) is 0 Å². The van der Waals surface area contributed by atoms with Crippen molar-refractivity contribution in [3.63, 3.8) is 0 Å². The zero-order chi connectivity index (χ0) is 14.3. The minimum Gasteiger partial charge on any atom is -0.481 e. The quantitative estimate of drug-likeness (QED) is 0.642. The van der Waals surface area contributed by atoms with Crippen LogP contribution in [0.5, 0.6) is 5.75 Å². The van der Waals surface area contributed by atoms with Gasteiger partial charge >= 0.3 is 0 Å². The largest absolute Gasteiger partial charge is 0.481 e. The number of hydrazone groups is 1. The maximum Gasteiger partial charge on any atom is 0.281 e. The van der Waals surface area contributed by atoms with Crippen molar-refractivity contribution in [1.82, 2.24) is 5.43 Å². The van der Waals surface area contributed by atoms with Gasteiger partial charge in [-0.1, -0.05) is 29.3 Å². The Morgan fingerprint density at radius 2 is 2.00 bits per heavy atom. The molecule has 0 aliphatic rings.